The lowest BCUT2D eigenvalue weighted by molar-refractivity contribution is 0.211. The zero-order chi connectivity index (χ0) is 9.97. The number of hydrogen-bond donors (Lipinski definition) is 2. The molecule has 0 radical (unpaired) electrons. The molecule has 0 saturated carbocycles. The summed E-state index contributed by atoms with van der Waals surface area (Å²) in [6.07, 6.45) is 2.24. The molecule has 1 saturated heterocycles. The van der Waals surface area contributed by atoms with E-state index in [1.807, 2.05) is 11.3 Å². The second-order valence-corrected chi connectivity index (χ2v) is 6.19. The van der Waals surface area contributed by atoms with E-state index in [1.165, 1.54) is 15.1 Å². The number of piperidine rings is 1. The van der Waals surface area contributed by atoms with Crippen LogP contribution >= 0.6 is 27.3 Å². The topological polar surface area (TPSA) is 32.3 Å². The minimum atomic E-state index is 0.253. The van der Waals surface area contributed by atoms with E-state index < -0.39 is 0 Å². The van der Waals surface area contributed by atoms with Crippen LogP contribution in [0.3, 0.4) is 0 Å². The number of hydrogen-bond acceptors (Lipinski definition) is 3. The SMILES string of the molecule is OCC1CC(c2ccc(Br)s2)CCN1. The monoisotopic (exact) mass is 275 g/mol. The standard InChI is InChI=1S/C10H14BrNOS/c11-10-2-1-9(14-10)7-3-4-12-8(5-7)6-13/h1-2,7-8,12-13H,3-6H2. The third-order valence-electron chi connectivity index (χ3n) is 2.71. The molecular formula is C10H14BrNOS. The van der Waals surface area contributed by atoms with Gasteiger partial charge in [0.25, 0.3) is 0 Å². The van der Waals surface area contributed by atoms with Gasteiger partial charge in [0.15, 0.2) is 0 Å². The van der Waals surface area contributed by atoms with Crippen molar-refractivity contribution in [2.45, 2.75) is 24.8 Å². The van der Waals surface area contributed by atoms with Gasteiger partial charge in [0.2, 0.25) is 0 Å². The number of aliphatic hydroxyl groups excluding tert-OH is 1. The summed E-state index contributed by atoms with van der Waals surface area (Å²) in [7, 11) is 0. The van der Waals surface area contributed by atoms with Crippen molar-refractivity contribution in [3.8, 4) is 0 Å². The van der Waals surface area contributed by atoms with E-state index in [0.717, 1.165) is 13.0 Å². The Morgan fingerprint density at radius 2 is 2.43 bits per heavy atom. The van der Waals surface area contributed by atoms with E-state index in [1.54, 1.807) is 0 Å². The van der Waals surface area contributed by atoms with Crippen molar-refractivity contribution in [3.05, 3.63) is 20.8 Å². The van der Waals surface area contributed by atoms with E-state index in [2.05, 4.69) is 33.4 Å². The molecule has 2 rings (SSSR count). The first-order valence-electron chi connectivity index (χ1n) is 4.89. The summed E-state index contributed by atoms with van der Waals surface area (Å²) in [6.45, 7) is 1.27. The number of halogens is 1. The lowest BCUT2D eigenvalue weighted by Crippen LogP contribution is -2.39. The molecule has 1 aliphatic rings. The van der Waals surface area contributed by atoms with Gasteiger partial charge in [0.05, 0.1) is 10.4 Å². The van der Waals surface area contributed by atoms with E-state index in [0.29, 0.717) is 5.92 Å². The number of nitrogens with one attached hydrogen (secondary N) is 1. The van der Waals surface area contributed by atoms with E-state index in [9.17, 15) is 0 Å². The van der Waals surface area contributed by atoms with Crippen molar-refractivity contribution in [2.24, 2.45) is 0 Å². The highest BCUT2D eigenvalue weighted by atomic mass is 79.9. The molecule has 2 unspecified atom stereocenters. The van der Waals surface area contributed by atoms with Gasteiger partial charge in [-0.1, -0.05) is 0 Å². The van der Waals surface area contributed by atoms with E-state index in [-0.39, 0.29) is 12.6 Å². The van der Waals surface area contributed by atoms with Crippen LogP contribution in [-0.4, -0.2) is 24.3 Å². The first-order chi connectivity index (χ1) is 6.79. The zero-order valence-corrected chi connectivity index (χ0v) is 10.3. The molecule has 0 spiro atoms. The molecular weight excluding hydrogens is 262 g/mol. The summed E-state index contributed by atoms with van der Waals surface area (Å²) < 4.78 is 1.20. The molecule has 1 aromatic heterocycles. The molecule has 1 fully saturated rings. The fourth-order valence-corrected chi connectivity index (χ4v) is 3.52. The average molecular weight is 276 g/mol. The Morgan fingerprint density at radius 1 is 1.57 bits per heavy atom. The maximum Gasteiger partial charge on any atom is 0.0701 e. The number of aliphatic hydroxyl groups is 1. The summed E-state index contributed by atoms with van der Waals surface area (Å²) in [5, 5.41) is 12.4. The van der Waals surface area contributed by atoms with Crippen LogP contribution in [0.2, 0.25) is 0 Å². The summed E-state index contributed by atoms with van der Waals surface area (Å²) >= 11 is 5.30. The first kappa shape index (κ1) is 10.6. The fraction of sp³-hybridized carbons (Fsp3) is 0.600. The quantitative estimate of drug-likeness (QED) is 0.869. The first-order valence-corrected chi connectivity index (χ1v) is 6.50. The van der Waals surface area contributed by atoms with Gasteiger partial charge >= 0.3 is 0 Å². The van der Waals surface area contributed by atoms with E-state index in [4.69, 9.17) is 5.11 Å². The maximum absolute atomic E-state index is 9.09. The lowest BCUT2D eigenvalue weighted by Gasteiger charge is -2.28. The summed E-state index contributed by atoms with van der Waals surface area (Å²) in [6, 6.07) is 4.59. The van der Waals surface area contributed by atoms with Crippen LogP contribution in [0.5, 0.6) is 0 Å². The van der Waals surface area contributed by atoms with Gasteiger partial charge < -0.3 is 10.4 Å². The molecule has 2 heterocycles. The molecule has 14 heavy (non-hydrogen) atoms. The van der Waals surface area contributed by atoms with Gasteiger partial charge in [-0.25, -0.2) is 0 Å². The minimum absolute atomic E-state index is 0.253. The average Bonchev–Trinajstić information content (AvgIpc) is 2.65. The largest absolute Gasteiger partial charge is 0.395 e. The molecule has 1 aliphatic heterocycles. The van der Waals surface area contributed by atoms with Crippen molar-refractivity contribution >= 4 is 27.3 Å². The second kappa shape index (κ2) is 4.75. The van der Waals surface area contributed by atoms with Gasteiger partial charge in [-0.05, 0) is 53.4 Å². The highest BCUT2D eigenvalue weighted by molar-refractivity contribution is 9.11. The van der Waals surface area contributed by atoms with Crippen molar-refractivity contribution in [3.63, 3.8) is 0 Å². The van der Waals surface area contributed by atoms with Crippen LogP contribution in [0, 0.1) is 0 Å². The van der Waals surface area contributed by atoms with Crippen molar-refractivity contribution < 1.29 is 5.11 Å². The molecule has 78 valence electrons. The summed E-state index contributed by atoms with van der Waals surface area (Å²) in [5.41, 5.74) is 0. The lowest BCUT2D eigenvalue weighted by atomic mass is 9.91. The van der Waals surface area contributed by atoms with Gasteiger partial charge in [0.1, 0.15) is 0 Å². The van der Waals surface area contributed by atoms with Gasteiger partial charge in [-0.2, -0.15) is 0 Å². The summed E-state index contributed by atoms with van der Waals surface area (Å²) in [5.74, 6) is 0.629. The smallest absolute Gasteiger partial charge is 0.0701 e. The third kappa shape index (κ3) is 2.37. The van der Waals surface area contributed by atoms with Crippen LogP contribution in [0.4, 0.5) is 0 Å². The highest BCUT2D eigenvalue weighted by Gasteiger charge is 2.22. The Balaban J connectivity index is 2.04. The molecule has 0 amide bonds. The van der Waals surface area contributed by atoms with Gasteiger partial charge in [-0.3, -0.25) is 0 Å². The number of thiophene rings is 1. The van der Waals surface area contributed by atoms with Crippen molar-refractivity contribution in [1.82, 2.24) is 5.32 Å². The van der Waals surface area contributed by atoms with Crippen molar-refractivity contribution in [2.75, 3.05) is 13.2 Å². The Morgan fingerprint density at radius 3 is 3.07 bits per heavy atom. The molecule has 4 heteroatoms. The van der Waals surface area contributed by atoms with Crippen molar-refractivity contribution in [1.29, 1.82) is 0 Å². The third-order valence-corrected chi connectivity index (χ3v) is 4.50. The second-order valence-electron chi connectivity index (χ2n) is 3.70. The molecule has 2 N–H and O–H groups in total. The fourth-order valence-electron chi connectivity index (χ4n) is 1.95. The molecule has 0 bridgehead atoms. The Hall–Kier alpha value is 0.1000. The molecule has 2 nitrogen and oxygen atoms in total. The van der Waals surface area contributed by atoms with Crippen LogP contribution in [-0.2, 0) is 0 Å². The van der Waals surface area contributed by atoms with Gasteiger partial charge in [0, 0.05) is 10.9 Å². The van der Waals surface area contributed by atoms with E-state index >= 15 is 0 Å². The highest BCUT2D eigenvalue weighted by Crippen LogP contribution is 2.34. The predicted octanol–water partition coefficient (Wildman–Crippen LogP) is 2.34. The van der Waals surface area contributed by atoms with Crippen LogP contribution in [0.15, 0.2) is 15.9 Å². The number of rotatable bonds is 2. The van der Waals surface area contributed by atoms with Gasteiger partial charge in [-0.15, -0.1) is 11.3 Å². The predicted molar refractivity (Wildman–Crippen MR) is 62.9 cm³/mol. The van der Waals surface area contributed by atoms with Crippen LogP contribution in [0.25, 0.3) is 0 Å². The molecule has 0 aromatic carbocycles. The normalized spacial score (nSPS) is 27.9. The molecule has 1 aromatic rings. The summed E-state index contributed by atoms with van der Waals surface area (Å²) in [4.78, 5) is 1.44. The molecule has 0 aliphatic carbocycles. The Bertz CT molecular complexity index is 302. The molecule has 2 atom stereocenters. The van der Waals surface area contributed by atoms with Crippen LogP contribution < -0.4 is 5.32 Å². The van der Waals surface area contributed by atoms with Crippen LogP contribution in [0.1, 0.15) is 23.6 Å². The Kier molecular flexibility index (Phi) is 3.60. The zero-order valence-electron chi connectivity index (χ0n) is 7.87. The maximum atomic E-state index is 9.09. The minimum Gasteiger partial charge on any atom is -0.395 e. The Labute approximate surface area is 96.5 Å².